The summed E-state index contributed by atoms with van der Waals surface area (Å²) in [5.41, 5.74) is 1.60. The minimum Gasteiger partial charge on any atom is -0.395 e. The molecule has 1 aliphatic rings. The number of β-amino-alcohol motifs (C(OH)–C–C–N with tert-alkyl or cyclic N) is 1. The van der Waals surface area contributed by atoms with Crippen molar-refractivity contribution < 1.29 is 19.5 Å². The minimum absolute atomic E-state index is 0.0280. The zero-order chi connectivity index (χ0) is 18.4. The number of amides is 2. The Bertz CT molecular complexity index is 1080. The second-order valence-corrected chi connectivity index (χ2v) is 7.18. The topological polar surface area (TPSA) is 74.7 Å². The SMILES string of the molecule is CC(=O)c1ccc(-c2ccc3cccc4c3c2C(=O)N(CCO)C4=O)s1. The molecule has 2 heterocycles. The molecule has 0 atom stereocenters. The fraction of sp³-hybridized carbons (Fsp3) is 0.150. The molecule has 2 aromatic carbocycles. The van der Waals surface area contributed by atoms with E-state index in [4.69, 9.17) is 0 Å². The van der Waals surface area contributed by atoms with Gasteiger partial charge >= 0.3 is 0 Å². The van der Waals surface area contributed by atoms with Crippen LogP contribution in [0.5, 0.6) is 0 Å². The third kappa shape index (κ3) is 2.38. The largest absolute Gasteiger partial charge is 0.395 e. The number of rotatable bonds is 4. The third-order valence-corrected chi connectivity index (χ3v) is 5.74. The third-order valence-electron chi connectivity index (χ3n) is 4.52. The van der Waals surface area contributed by atoms with Gasteiger partial charge in [-0.1, -0.05) is 24.3 Å². The van der Waals surface area contributed by atoms with Crippen molar-refractivity contribution in [3.63, 3.8) is 0 Å². The van der Waals surface area contributed by atoms with E-state index < -0.39 is 11.8 Å². The maximum atomic E-state index is 13.1. The van der Waals surface area contributed by atoms with Gasteiger partial charge in [0.25, 0.3) is 11.8 Å². The number of hydrogen-bond donors (Lipinski definition) is 1. The van der Waals surface area contributed by atoms with Crippen LogP contribution in [0.3, 0.4) is 0 Å². The molecule has 0 saturated heterocycles. The fourth-order valence-electron chi connectivity index (χ4n) is 3.33. The van der Waals surface area contributed by atoms with Gasteiger partial charge in [0.05, 0.1) is 23.6 Å². The molecule has 2 amide bonds. The van der Waals surface area contributed by atoms with Crippen molar-refractivity contribution in [2.45, 2.75) is 6.92 Å². The highest BCUT2D eigenvalue weighted by Gasteiger charge is 2.34. The van der Waals surface area contributed by atoms with Crippen molar-refractivity contribution in [1.82, 2.24) is 4.90 Å². The summed E-state index contributed by atoms with van der Waals surface area (Å²) < 4.78 is 0. The van der Waals surface area contributed by atoms with Crippen molar-refractivity contribution in [1.29, 1.82) is 0 Å². The van der Waals surface area contributed by atoms with Gasteiger partial charge in [0.2, 0.25) is 0 Å². The van der Waals surface area contributed by atoms with E-state index in [1.165, 1.54) is 18.3 Å². The van der Waals surface area contributed by atoms with E-state index in [2.05, 4.69) is 0 Å². The summed E-state index contributed by atoms with van der Waals surface area (Å²) in [7, 11) is 0. The van der Waals surface area contributed by atoms with E-state index in [1.807, 2.05) is 24.3 Å². The molecule has 0 radical (unpaired) electrons. The van der Waals surface area contributed by atoms with Crippen molar-refractivity contribution in [2.24, 2.45) is 0 Å². The predicted molar refractivity (Wildman–Crippen MR) is 99.7 cm³/mol. The molecule has 26 heavy (non-hydrogen) atoms. The number of imide groups is 1. The highest BCUT2D eigenvalue weighted by atomic mass is 32.1. The molecule has 130 valence electrons. The number of aliphatic hydroxyl groups is 1. The fourth-order valence-corrected chi connectivity index (χ4v) is 4.27. The Balaban J connectivity index is 2.02. The zero-order valence-corrected chi connectivity index (χ0v) is 14.8. The van der Waals surface area contributed by atoms with Crippen molar-refractivity contribution in [2.75, 3.05) is 13.2 Å². The molecule has 1 aromatic heterocycles. The normalized spacial score (nSPS) is 13.5. The van der Waals surface area contributed by atoms with Crippen molar-refractivity contribution in [3.05, 3.63) is 58.5 Å². The highest BCUT2D eigenvalue weighted by molar-refractivity contribution is 7.17. The van der Waals surface area contributed by atoms with Gasteiger partial charge in [-0.15, -0.1) is 11.3 Å². The molecule has 0 aliphatic carbocycles. The van der Waals surface area contributed by atoms with Crippen LogP contribution in [0.2, 0.25) is 0 Å². The smallest absolute Gasteiger partial charge is 0.262 e. The van der Waals surface area contributed by atoms with Gasteiger partial charge in [0.15, 0.2) is 5.78 Å². The number of nitrogens with zero attached hydrogens (tertiary/aromatic N) is 1. The maximum absolute atomic E-state index is 13.1. The first-order valence-corrected chi connectivity index (χ1v) is 8.98. The molecule has 0 saturated carbocycles. The molecule has 4 rings (SSSR count). The first kappa shape index (κ1) is 16.6. The summed E-state index contributed by atoms with van der Waals surface area (Å²) in [5, 5.41) is 10.7. The Labute approximate surface area is 153 Å². The number of Topliss-reactive ketones (excluding diaryl/α,β-unsaturated/α-hetero) is 1. The van der Waals surface area contributed by atoms with Gasteiger partial charge in [-0.3, -0.25) is 19.3 Å². The molecule has 0 spiro atoms. The zero-order valence-electron chi connectivity index (χ0n) is 14.0. The summed E-state index contributed by atoms with van der Waals surface area (Å²) in [6, 6.07) is 12.6. The highest BCUT2D eigenvalue weighted by Crippen LogP contribution is 2.39. The number of benzene rings is 2. The predicted octanol–water partition coefficient (Wildman–Crippen LogP) is 3.36. The molecule has 6 heteroatoms. The van der Waals surface area contributed by atoms with Gasteiger partial charge in [-0.05, 0) is 30.5 Å². The molecule has 0 unspecified atom stereocenters. The quantitative estimate of drug-likeness (QED) is 0.568. The minimum atomic E-state index is -0.416. The number of carbonyl (C=O) groups is 3. The molecule has 0 bridgehead atoms. The lowest BCUT2D eigenvalue weighted by molar-refractivity contribution is 0.0580. The maximum Gasteiger partial charge on any atom is 0.262 e. The Morgan fingerprint density at radius 2 is 1.85 bits per heavy atom. The van der Waals surface area contributed by atoms with E-state index >= 15 is 0 Å². The second kappa shape index (κ2) is 6.16. The van der Waals surface area contributed by atoms with E-state index in [-0.39, 0.29) is 18.9 Å². The molecule has 5 nitrogen and oxygen atoms in total. The number of aliphatic hydroxyl groups excluding tert-OH is 1. The van der Waals surface area contributed by atoms with Gasteiger partial charge in [-0.25, -0.2) is 0 Å². The lowest BCUT2D eigenvalue weighted by atomic mass is 9.90. The summed E-state index contributed by atoms with van der Waals surface area (Å²) in [6.45, 7) is 1.16. The molecular weight excluding hydrogens is 350 g/mol. The van der Waals surface area contributed by atoms with Gasteiger partial charge in [0.1, 0.15) is 0 Å². The Morgan fingerprint density at radius 1 is 1.04 bits per heavy atom. The van der Waals surface area contributed by atoms with Gasteiger partial charge in [0, 0.05) is 21.4 Å². The van der Waals surface area contributed by atoms with Crippen LogP contribution in [0.25, 0.3) is 21.2 Å². The number of thiophene rings is 1. The van der Waals surface area contributed by atoms with E-state index in [0.29, 0.717) is 27.0 Å². The van der Waals surface area contributed by atoms with Crippen LogP contribution in [-0.2, 0) is 0 Å². The standard InChI is InChI=1S/C20H15NO4S/c1-11(23)15-7-8-16(26-15)13-6-5-12-3-2-4-14-17(12)18(13)20(25)21(9-10-22)19(14)24/h2-8,22H,9-10H2,1H3. The molecular formula is C20H15NO4S. The lowest BCUT2D eigenvalue weighted by Gasteiger charge is -2.28. The van der Waals surface area contributed by atoms with E-state index in [0.717, 1.165) is 15.2 Å². The molecule has 1 aliphatic heterocycles. The molecule has 1 N–H and O–H groups in total. The number of carbonyl (C=O) groups excluding carboxylic acids is 3. The van der Waals surface area contributed by atoms with Crippen molar-refractivity contribution in [3.8, 4) is 10.4 Å². The average Bonchev–Trinajstić information content (AvgIpc) is 3.13. The Morgan fingerprint density at radius 3 is 2.54 bits per heavy atom. The second-order valence-electron chi connectivity index (χ2n) is 6.10. The first-order valence-electron chi connectivity index (χ1n) is 8.17. The van der Waals surface area contributed by atoms with Crippen LogP contribution >= 0.6 is 11.3 Å². The van der Waals surface area contributed by atoms with Crippen LogP contribution < -0.4 is 0 Å². The van der Waals surface area contributed by atoms with Crippen LogP contribution in [0, 0.1) is 0 Å². The number of ketones is 1. The van der Waals surface area contributed by atoms with E-state index in [9.17, 15) is 19.5 Å². The average molecular weight is 365 g/mol. The van der Waals surface area contributed by atoms with Crippen LogP contribution in [-0.4, -0.2) is 40.8 Å². The van der Waals surface area contributed by atoms with E-state index in [1.54, 1.807) is 18.2 Å². The van der Waals surface area contributed by atoms with Gasteiger partial charge < -0.3 is 5.11 Å². The molecule has 3 aromatic rings. The van der Waals surface area contributed by atoms with Gasteiger partial charge in [-0.2, -0.15) is 0 Å². The number of hydrogen-bond acceptors (Lipinski definition) is 5. The van der Waals surface area contributed by atoms with Crippen LogP contribution in [0.15, 0.2) is 42.5 Å². The van der Waals surface area contributed by atoms with Crippen LogP contribution in [0.1, 0.15) is 37.3 Å². The monoisotopic (exact) mass is 365 g/mol. The Kier molecular flexibility index (Phi) is 3.94. The molecule has 0 fully saturated rings. The summed E-state index contributed by atoms with van der Waals surface area (Å²) in [5.74, 6) is -0.837. The summed E-state index contributed by atoms with van der Waals surface area (Å²) in [6.07, 6.45) is 0. The lowest BCUT2D eigenvalue weighted by Crippen LogP contribution is -2.42. The van der Waals surface area contributed by atoms with Crippen molar-refractivity contribution >= 4 is 39.7 Å². The first-order chi connectivity index (χ1) is 12.5. The summed E-state index contributed by atoms with van der Waals surface area (Å²) >= 11 is 1.32. The summed E-state index contributed by atoms with van der Waals surface area (Å²) in [4.78, 5) is 39.9. The van der Waals surface area contributed by atoms with Crippen LogP contribution in [0.4, 0.5) is 0 Å². The Hall–Kier alpha value is -2.83.